The minimum Gasteiger partial charge on any atom is -0.398 e. The van der Waals surface area contributed by atoms with E-state index < -0.39 is 0 Å². The Balaban J connectivity index is 1.63. The summed E-state index contributed by atoms with van der Waals surface area (Å²) in [5, 5.41) is 3.01. The number of nitrogens with two attached hydrogens (primary N) is 1. The van der Waals surface area contributed by atoms with E-state index in [0.717, 1.165) is 29.4 Å². The van der Waals surface area contributed by atoms with Gasteiger partial charge in [0.1, 0.15) is 0 Å². The summed E-state index contributed by atoms with van der Waals surface area (Å²) in [5.41, 5.74) is 8.49. The highest BCUT2D eigenvalue weighted by Crippen LogP contribution is 2.28. The summed E-state index contributed by atoms with van der Waals surface area (Å²) in [4.78, 5) is 15.5. The van der Waals surface area contributed by atoms with Crippen molar-refractivity contribution < 1.29 is 9.53 Å². The van der Waals surface area contributed by atoms with Gasteiger partial charge in [0.15, 0.2) is 0 Å². The number of morpholine rings is 1. The van der Waals surface area contributed by atoms with E-state index in [9.17, 15) is 4.79 Å². The Labute approximate surface area is 146 Å². The number of nitrogens with zero attached hydrogens (tertiary/aromatic N) is 1. The quantitative estimate of drug-likeness (QED) is 0.645. The normalized spacial score (nSPS) is 14.4. The number of ether oxygens (including phenoxy) is 1. The van der Waals surface area contributed by atoms with Crippen molar-refractivity contribution in [3.63, 3.8) is 0 Å². The van der Waals surface area contributed by atoms with Crippen molar-refractivity contribution in [3.8, 4) is 0 Å². The number of carbonyl (C=O) groups is 1. The molecule has 1 aliphatic heterocycles. The summed E-state index contributed by atoms with van der Waals surface area (Å²) >= 11 is 1.45. The number of hydrogen-bond donors (Lipinski definition) is 2. The SMILES string of the molecule is Nc1ccccc1SCC(=O)Nc1ccccc1N1CCOCC1. The molecule has 0 unspecified atom stereocenters. The van der Waals surface area contributed by atoms with Crippen LogP contribution in [0.25, 0.3) is 0 Å². The Hall–Kier alpha value is -2.18. The van der Waals surface area contributed by atoms with Gasteiger partial charge in [-0.05, 0) is 24.3 Å². The van der Waals surface area contributed by atoms with Gasteiger partial charge in [0, 0.05) is 23.7 Å². The zero-order valence-corrected chi connectivity index (χ0v) is 14.2. The van der Waals surface area contributed by atoms with E-state index in [1.165, 1.54) is 11.8 Å². The summed E-state index contributed by atoms with van der Waals surface area (Å²) in [6.45, 7) is 3.10. The van der Waals surface area contributed by atoms with Gasteiger partial charge in [-0.15, -0.1) is 11.8 Å². The van der Waals surface area contributed by atoms with Crippen LogP contribution >= 0.6 is 11.8 Å². The van der Waals surface area contributed by atoms with Gasteiger partial charge in [-0.25, -0.2) is 0 Å². The Morgan fingerprint density at radius 3 is 2.62 bits per heavy atom. The molecule has 0 bridgehead atoms. The molecule has 3 N–H and O–H groups in total. The van der Waals surface area contributed by atoms with E-state index in [2.05, 4.69) is 10.2 Å². The fourth-order valence-corrected chi connectivity index (χ4v) is 3.37. The molecule has 0 spiro atoms. The first-order chi connectivity index (χ1) is 11.7. The van der Waals surface area contributed by atoms with Crippen LogP contribution in [-0.2, 0) is 9.53 Å². The molecule has 0 aliphatic carbocycles. The molecule has 0 radical (unpaired) electrons. The highest BCUT2D eigenvalue weighted by atomic mass is 32.2. The molecule has 24 heavy (non-hydrogen) atoms. The standard InChI is InChI=1S/C18H21N3O2S/c19-14-5-1-4-8-17(14)24-13-18(22)20-15-6-2-3-7-16(15)21-9-11-23-12-10-21/h1-8H,9-13,19H2,(H,20,22). The van der Waals surface area contributed by atoms with Crippen LogP contribution in [0.2, 0.25) is 0 Å². The second-order valence-electron chi connectivity index (χ2n) is 5.49. The first kappa shape index (κ1) is 16.7. The van der Waals surface area contributed by atoms with Crippen molar-refractivity contribution in [1.29, 1.82) is 0 Å². The largest absolute Gasteiger partial charge is 0.398 e. The van der Waals surface area contributed by atoms with Crippen LogP contribution in [0.1, 0.15) is 0 Å². The number of benzene rings is 2. The summed E-state index contributed by atoms with van der Waals surface area (Å²) in [7, 11) is 0. The smallest absolute Gasteiger partial charge is 0.234 e. The Morgan fingerprint density at radius 2 is 1.83 bits per heavy atom. The van der Waals surface area contributed by atoms with E-state index in [0.29, 0.717) is 24.7 Å². The zero-order valence-electron chi connectivity index (χ0n) is 13.4. The molecule has 1 aliphatic rings. The van der Waals surface area contributed by atoms with Crippen molar-refractivity contribution in [1.82, 2.24) is 0 Å². The van der Waals surface area contributed by atoms with E-state index in [4.69, 9.17) is 10.5 Å². The van der Waals surface area contributed by atoms with Crippen molar-refractivity contribution in [2.24, 2.45) is 0 Å². The van der Waals surface area contributed by atoms with E-state index in [-0.39, 0.29) is 5.91 Å². The fourth-order valence-electron chi connectivity index (χ4n) is 2.60. The molecule has 1 amide bonds. The van der Waals surface area contributed by atoms with Gasteiger partial charge >= 0.3 is 0 Å². The molecule has 126 valence electrons. The van der Waals surface area contributed by atoms with Gasteiger partial charge in [-0.2, -0.15) is 0 Å². The van der Waals surface area contributed by atoms with Gasteiger partial charge in [0.05, 0.1) is 30.3 Å². The maximum atomic E-state index is 12.3. The lowest BCUT2D eigenvalue weighted by molar-refractivity contribution is -0.113. The van der Waals surface area contributed by atoms with Crippen molar-refractivity contribution >= 4 is 34.7 Å². The fraction of sp³-hybridized carbons (Fsp3) is 0.278. The average Bonchev–Trinajstić information content (AvgIpc) is 2.62. The Kier molecular flexibility index (Phi) is 5.61. The van der Waals surface area contributed by atoms with Gasteiger partial charge < -0.3 is 20.7 Å². The molecule has 0 saturated carbocycles. The van der Waals surface area contributed by atoms with Gasteiger partial charge in [0.25, 0.3) is 0 Å². The molecule has 3 rings (SSSR count). The molecular weight excluding hydrogens is 322 g/mol. The van der Waals surface area contributed by atoms with Gasteiger partial charge in [-0.1, -0.05) is 24.3 Å². The van der Waals surface area contributed by atoms with Crippen LogP contribution in [0.3, 0.4) is 0 Å². The molecule has 1 saturated heterocycles. The van der Waals surface area contributed by atoms with Crippen molar-refractivity contribution in [3.05, 3.63) is 48.5 Å². The predicted molar refractivity (Wildman–Crippen MR) is 99.7 cm³/mol. The minimum atomic E-state index is -0.0380. The third-order valence-corrected chi connectivity index (χ3v) is 4.90. The van der Waals surface area contributed by atoms with Crippen molar-refractivity contribution in [2.45, 2.75) is 4.90 Å². The van der Waals surface area contributed by atoms with Crippen LogP contribution < -0.4 is 16.0 Å². The average molecular weight is 343 g/mol. The van der Waals surface area contributed by atoms with Crippen LogP contribution in [0.4, 0.5) is 17.1 Å². The summed E-state index contributed by atoms with van der Waals surface area (Å²) in [5.74, 6) is 0.287. The molecule has 6 heteroatoms. The molecular formula is C18H21N3O2S. The maximum Gasteiger partial charge on any atom is 0.234 e. The van der Waals surface area contributed by atoms with E-state index in [1.54, 1.807) is 0 Å². The van der Waals surface area contributed by atoms with Crippen LogP contribution in [-0.4, -0.2) is 38.0 Å². The lowest BCUT2D eigenvalue weighted by atomic mass is 10.2. The summed E-state index contributed by atoms with van der Waals surface area (Å²) < 4.78 is 5.40. The molecule has 5 nitrogen and oxygen atoms in total. The number of thioether (sulfide) groups is 1. The number of nitrogens with one attached hydrogen (secondary N) is 1. The number of hydrogen-bond acceptors (Lipinski definition) is 5. The molecule has 1 fully saturated rings. The number of amides is 1. The molecule has 2 aromatic rings. The molecule has 0 atom stereocenters. The highest BCUT2D eigenvalue weighted by Gasteiger charge is 2.15. The second-order valence-corrected chi connectivity index (χ2v) is 6.51. The zero-order chi connectivity index (χ0) is 16.8. The third kappa shape index (κ3) is 4.21. The number of rotatable bonds is 5. The Morgan fingerprint density at radius 1 is 1.12 bits per heavy atom. The van der Waals surface area contributed by atoms with Crippen LogP contribution in [0.5, 0.6) is 0 Å². The minimum absolute atomic E-state index is 0.0380. The van der Waals surface area contributed by atoms with Crippen LogP contribution in [0.15, 0.2) is 53.4 Å². The highest BCUT2D eigenvalue weighted by molar-refractivity contribution is 8.00. The lowest BCUT2D eigenvalue weighted by Crippen LogP contribution is -2.36. The lowest BCUT2D eigenvalue weighted by Gasteiger charge is -2.30. The summed E-state index contributed by atoms with van der Waals surface area (Å²) in [6.07, 6.45) is 0. The van der Waals surface area contributed by atoms with Crippen LogP contribution in [0, 0.1) is 0 Å². The van der Waals surface area contributed by atoms with Gasteiger partial charge in [0.2, 0.25) is 5.91 Å². The number of nitrogen functional groups attached to an aromatic ring is 1. The molecule has 0 aromatic heterocycles. The monoisotopic (exact) mass is 343 g/mol. The maximum absolute atomic E-state index is 12.3. The van der Waals surface area contributed by atoms with E-state index in [1.807, 2.05) is 48.5 Å². The molecule has 2 aromatic carbocycles. The van der Waals surface area contributed by atoms with Crippen molar-refractivity contribution in [2.75, 3.05) is 48.0 Å². The molecule has 1 heterocycles. The summed E-state index contributed by atoms with van der Waals surface area (Å²) in [6, 6.07) is 15.5. The third-order valence-electron chi connectivity index (χ3n) is 3.81. The number of anilines is 3. The van der Waals surface area contributed by atoms with E-state index >= 15 is 0 Å². The van der Waals surface area contributed by atoms with Gasteiger partial charge in [-0.3, -0.25) is 4.79 Å². The topological polar surface area (TPSA) is 67.6 Å². The first-order valence-corrected chi connectivity index (χ1v) is 8.91. The Bertz CT molecular complexity index is 702. The number of carbonyl (C=O) groups excluding carboxylic acids is 1. The first-order valence-electron chi connectivity index (χ1n) is 7.93. The predicted octanol–water partition coefficient (Wildman–Crippen LogP) is 2.84. The number of para-hydroxylation sites is 3. The second kappa shape index (κ2) is 8.08.